The molecule has 5 heteroatoms. The molecule has 4 rings (SSSR count). The first-order valence-electron chi connectivity index (χ1n) is 7.87. The molecule has 2 aliphatic rings. The van der Waals surface area contributed by atoms with Crippen LogP contribution < -0.4 is 0 Å². The van der Waals surface area contributed by atoms with Gasteiger partial charge in [-0.3, -0.25) is 0 Å². The van der Waals surface area contributed by atoms with Crippen molar-refractivity contribution in [3.8, 4) is 0 Å². The molecule has 1 saturated heterocycles. The lowest BCUT2D eigenvalue weighted by molar-refractivity contribution is 0.0540. The van der Waals surface area contributed by atoms with E-state index in [2.05, 4.69) is 23.2 Å². The van der Waals surface area contributed by atoms with Gasteiger partial charge in [0, 0.05) is 24.2 Å². The molecule has 2 atom stereocenters. The van der Waals surface area contributed by atoms with Crippen molar-refractivity contribution >= 4 is 11.6 Å². The molecule has 0 N–H and O–H groups in total. The summed E-state index contributed by atoms with van der Waals surface area (Å²) < 4.78 is 11.7. The molecule has 0 spiro atoms. The van der Waals surface area contributed by atoms with E-state index in [4.69, 9.17) is 20.8 Å². The molecule has 0 amide bonds. The van der Waals surface area contributed by atoms with Gasteiger partial charge in [0.25, 0.3) is 0 Å². The standard InChI is InChI=1S/C17H19ClN2O2/c1-11-9-14(11)15-19-20-16(22-15)17(5-7-21-8-6-17)12-3-2-4-13(18)10-12/h2-4,10-11,14H,5-9H2,1H3. The Morgan fingerprint density at radius 2 is 2.00 bits per heavy atom. The monoisotopic (exact) mass is 318 g/mol. The minimum absolute atomic E-state index is 0.271. The summed E-state index contributed by atoms with van der Waals surface area (Å²) in [5, 5.41) is 9.44. The maximum Gasteiger partial charge on any atom is 0.227 e. The van der Waals surface area contributed by atoms with Crippen LogP contribution in [0.3, 0.4) is 0 Å². The highest BCUT2D eigenvalue weighted by atomic mass is 35.5. The smallest absolute Gasteiger partial charge is 0.227 e. The topological polar surface area (TPSA) is 48.2 Å². The van der Waals surface area contributed by atoms with E-state index in [-0.39, 0.29) is 5.41 Å². The molecule has 0 radical (unpaired) electrons. The zero-order valence-corrected chi connectivity index (χ0v) is 13.3. The second-order valence-electron chi connectivity index (χ2n) is 6.47. The zero-order chi connectivity index (χ0) is 15.2. The van der Waals surface area contributed by atoms with E-state index in [1.54, 1.807) is 0 Å². The first-order valence-corrected chi connectivity index (χ1v) is 8.24. The Kier molecular flexibility index (Phi) is 3.46. The van der Waals surface area contributed by atoms with Crippen molar-refractivity contribution in [2.75, 3.05) is 13.2 Å². The molecular weight excluding hydrogens is 300 g/mol. The van der Waals surface area contributed by atoms with Crippen LogP contribution in [-0.4, -0.2) is 23.4 Å². The number of hydrogen-bond acceptors (Lipinski definition) is 4. The Balaban J connectivity index is 1.75. The third kappa shape index (κ3) is 2.34. The van der Waals surface area contributed by atoms with Crippen LogP contribution >= 0.6 is 11.6 Å². The number of hydrogen-bond donors (Lipinski definition) is 0. The predicted molar refractivity (Wildman–Crippen MR) is 83.1 cm³/mol. The van der Waals surface area contributed by atoms with Gasteiger partial charge in [-0.2, -0.15) is 0 Å². The molecule has 0 bridgehead atoms. The third-order valence-corrected chi connectivity index (χ3v) is 5.24. The minimum atomic E-state index is -0.271. The number of rotatable bonds is 3. The van der Waals surface area contributed by atoms with Gasteiger partial charge >= 0.3 is 0 Å². The normalized spacial score (nSPS) is 26.8. The molecule has 2 aromatic rings. The SMILES string of the molecule is CC1CC1c1nnc(C2(c3cccc(Cl)c3)CCOCC2)o1. The van der Waals surface area contributed by atoms with E-state index in [0.29, 0.717) is 30.9 Å². The van der Waals surface area contributed by atoms with Crippen molar-refractivity contribution in [2.45, 2.75) is 37.5 Å². The Bertz CT molecular complexity index is 679. The molecule has 1 aromatic heterocycles. The van der Waals surface area contributed by atoms with Crippen LogP contribution in [0.15, 0.2) is 28.7 Å². The van der Waals surface area contributed by atoms with Crippen molar-refractivity contribution < 1.29 is 9.15 Å². The lowest BCUT2D eigenvalue weighted by Crippen LogP contribution is -2.35. The molecule has 2 heterocycles. The summed E-state index contributed by atoms with van der Waals surface area (Å²) in [5.74, 6) is 2.60. The molecule has 2 unspecified atom stereocenters. The van der Waals surface area contributed by atoms with Crippen molar-refractivity contribution in [1.82, 2.24) is 10.2 Å². The van der Waals surface area contributed by atoms with Crippen molar-refractivity contribution in [3.05, 3.63) is 46.6 Å². The number of halogens is 1. The Morgan fingerprint density at radius 1 is 1.23 bits per heavy atom. The van der Waals surface area contributed by atoms with Crippen molar-refractivity contribution in [1.29, 1.82) is 0 Å². The van der Waals surface area contributed by atoms with Crippen LogP contribution in [0.4, 0.5) is 0 Å². The van der Waals surface area contributed by atoms with Gasteiger partial charge in [0.15, 0.2) is 0 Å². The van der Waals surface area contributed by atoms with E-state index in [0.717, 1.165) is 35.7 Å². The van der Waals surface area contributed by atoms with Crippen LogP contribution in [0.5, 0.6) is 0 Å². The molecule has 116 valence electrons. The largest absolute Gasteiger partial charge is 0.424 e. The lowest BCUT2D eigenvalue weighted by atomic mass is 9.74. The second kappa shape index (κ2) is 5.36. The zero-order valence-electron chi connectivity index (χ0n) is 12.6. The van der Waals surface area contributed by atoms with Crippen LogP contribution in [0, 0.1) is 5.92 Å². The summed E-state index contributed by atoms with van der Waals surface area (Å²) in [5.41, 5.74) is 0.870. The maximum atomic E-state index is 6.20. The molecule has 1 saturated carbocycles. The van der Waals surface area contributed by atoms with Gasteiger partial charge in [-0.05, 0) is 42.9 Å². The summed E-state index contributed by atoms with van der Waals surface area (Å²) >= 11 is 6.20. The molecule has 22 heavy (non-hydrogen) atoms. The number of nitrogens with zero attached hydrogens (tertiary/aromatic N) is 2. The molecule has 1 aliphatic heterocycles. The van der Waals surface area contributed by atoms with Gasteiger partial charge in [0.2, 0.25) is 11.8 Å². The van der Waals surface area contributed by atoms with Crippen LogP contribution in [0.2, 0.25) is 5.02 Å². The molecule has 2 fully saturated rings. The van der Waals surface area contributed by atoms with Crippen LogP contribution in [-0.2, 0) is 10.2 Å². The fourth-order valence-electron chi connectivity index (χ4n) is 3.38. The van der Waals surface area contributed by atoms with E-state index in [9.17, 15) is 0 Å². The van der Waals surface area contributed by atoms with Gasteiger partial charge in [-0.25, -0.2) is 0 Å². The van der Waals surface area contributed by atoms with Gasteiger partial charge < -0.3 is 9.15 Å². The van der Waals surface area contributed by atoms with E-state index < -0.39 is 0 Å². The molecule has 1 aliphatic carbocycles. The summed E-state index contributed by atoms with van der Waals surface area (Å²) in [7, 11) is 0. The first-order chi connectivity index (χ1) is 10.7. The molecular formula is C17H19ClN2O2. The average Bonchev–Trinajstić information content (AvgIpc) is 3.08. The first kappa shape index (κ1) is 14.2. The Hall–Kier alpha value is -1.39. The lowest BCUT2D eigenvalue weighted by Gasteiger charge is -2.34. The fourth-order valence-corrected chi connectivity index (χ4v) is 3.57. The Morgan fingerprint density at radius 3 is 2.68 bits per heavy atom. The highest BCUT2D eigenvalue weighted by Crippen LogP contribution is 2.48. The predicted octanol–water partition coefficient (Wildman–Crippen LogP) is 3.94. The van der Waals surface area contributed by atoms with Gasteiger partial charge in [-0.15, -0.1) is 10.2 Å². The van der Waals surface area contributed by atoms with Gasteiger partial charge in [0.1, 0.15) is 0 Å². The summed E-state index contributed by atoms with van der Waals surface area (Å²) in [4.78, 5) is 0. The second-order valence-corrected chi connectivity index (χ2v) is 6.91. The fraction of sp³-hybridized carbons (Fsp3) is 0.529. The van der Waals surface area contributed by atoms with Crippen molar-refractivity contribution in [2.24, 2.45) is 5.92 Å². The highest BCUT2D eigenvalue weighted by Gasteiger charge is 2.44. The summed E-state index contributed by atoms with van der Waals surface area (Å²) in [6, 6.07) is 7.98. The van der Waals surface area contributed by atoms with Gasteiger partial charge in [0.05, 0.1) is 5.41 Å². The van der Waals surface area contributed by atoms with E-state index in [1.807, 2.05) is 18.2 Å². The number of aromatic nitrogens is 2. The third-order valence-electron chi connectivity index (χ3n) is 5.00. The Labute approximate surface area is 134 Å². The average molecular weight is 319 g/mol. The van der Waals surface area contributed by atoms with Crippen LogP contribution in [0.25, 0.3) is 0 Å². The number of ether oxygens (including phenoxy) is 1. The van der Waals surface area contributed by atoms with E-state index in [1.165, 1.54) is 0 Å². The highest BCUT2D eigenvalue weighted by molar-refractivity contribution is 6.30. The summed E-state index contributed by atoms with van der Waals surface area (Å²) in [6.45, 7) is 3.61. The summed E-state index contributed by atoms with van der Waals surface area (Å²) in [6.07, 6.45) is 2.83. The van der Waals surface area contributed by atoms with Gasteiger partial charge in [-0.1, -0.05) is 30.7 Å². The van der Waals surface area contributed by atoms with E-state index >= 15 is 0 Å². The quantitative estimate of drug-likeness (QED) is 0.860. The maximum absolute atomic E-state index is 6.20. The van der Waals surface area contributed by atoms with Crippen LogP contribution in [0.1, 0.15) is 49.4 Å². The molecule has 4 nitrogen and oxygen atoms in total. The minimum Gasteiger partial charge on any atom is -0.424 e. The molecule has 1 aromatic carbocycles. The van der Waals surface area contributed by atoms with Crippen molar-refractivity contribution in [3.63, 3.8) is 0 Å². The number of benzene rings is 1.